The monoisotopic (exact) mass is 475 g/mol. The first-order valence-electron chi connectivity index (χ1n) is 11.5. The van der Waals surface area contributed by atoms with E-state index in [-0.39, 0.29) is 23.9 Å². The second-order valence-electron chi connectivity index (χ2n) is 9.28. The van der Waals surface area contributed by atoms with E-state index < -0.39 is 0 Å². The maximum absolute atomic E-state index is 10.3. The normalized spacial score (nSPS) is 19.1. The van der Waals surface area contributed by atoms with Gasteiger partial charge in [-0.25, -0.2) is 9.97 Å². The quantitative estimate of drug-likeness (QED) is 0.415. The van der Waals surface area contributed by atoms with Crippen LogP contribution in [0, 0.1) is 5.41 Å². The number of hydrogen-bond acceptors (Lipinski definition) is 7. The molecule has 174 valence electrons. The molecule has 8 nitrogen and oxygen atoms in total. The molecular weight excluding hydrogens is 450 g/mol. The van der Waals surface area contributed by atoms with Crippen molar-refractivity contribution in [2.75, 3.05) is 23.7 Å². The van der Waals surface area contributed by atoms with Crippen molar-refractivity contribution in [3.8, 4) is 11.1 Å². The summed E-state index contributed by atoms with van der Waals surface area (Å²) < 4.78 is 2.06. The summed E-state index contributed by atoms with van der Waals surface area (Å²) in [5.74, 6) is 1.25. The third kappa shape index (κ3) is 3.10. The van der Waals surface area contributed by atoms with Crippen LogP contribution >= 0.6 is 11.6 Å². The number of aliphatic hydroxyl groups is 1. The first kappa shape index (κ1) is 21.3. The van der Waals surface area contributed by atoms with Crippen LogP contribution in [0.15, 0.2) is 49.1 Å². The van der Waals surface area contributed by atoms with Gasteiger partial charge in [-0.15, -0.1) is 0 Å². The lowest BCUT2D eigenvalue weighted by Crippen LogP contribution is -2.44. The Balaban J connectivity index is 1.37. The summed E-state index contributed by atoms with van der Waals surface area (Å²) in [6.45, 7) is 1.58. The molecule has 0 bridgehead atoms. The number of anilines is 2. The Morgan fingerprint density at radius 2 is 1.94 bits per heavy atom. The standard InChI is InChI=1S/C25H26ClN7O/c26-21-17(3-7-30-23(21)28)20-15(14-34)12-19(33-11-8-31-24(20)33)32-9-4-25(5-10-32)13-18-16(22(25)27)2-1-6-29-18/h1-3,6-8,11-12,22,34H,4-5,9-10,13-14,27H2,(H2,28,30)/t22-/m1/s1. The number of nitrogen functional groups attached to an aromatic ring is 1. The summed E-state index contributed by atoms with van der Waals surface area (Å²) in [6, 6.07) is 7.94. The van der Waals surface area contributed by atoms with E-state index in [4.69, 9.17) is 23.1 Å². The molecule has 1 spiro atoms. The van der Waals surface area contributed by atoms with Crippen LogP contribution in [-0.4, -0.2) is 37.5 Å². The average Bonchev–Trinajstić information content (AvgIpc) is 3.44. The molecule has 5 N–H and O–H groups in total. The van der Waals surface area contributed by atoms with Gasteiger partial charge in [0.25, 0.3) is 0 Å². The number of aromatic nitrogens is 4. The smallest absolute Gasteiger partial charge is 0.146 e. The highest BCUT2D eigenvalue weighted by Crippen LogP contribution is 2.50. The van der Waals surface area contributed by atoms with E-state index in [0.717, 1.165) is 60.6 Å². The molecule has 2 aliphatic rings. The largest absolute Gasteiger partial charge is 0.392 e. The Labute approximate surface area is 202 Å². The molecule has 9 heteroatoms. The van der Waals surface area contributed by atoms with Gasteiger partial charge in [-0.1, -0.05) is 17.7 Å². The fourth-order valence-electron chi connectivity index (χ4n) is 5.75. The van der Waals surface area contributed by atoms with Crippen molar-refractivity contribution in [1.29, 1.82) is 0 Å². The van der Waals surface area contributed by atoms with E-state index in [1.54, 1.807) is 18.5 Å². The van der Waals surface area contributed by atoms with Crippen LogP contribution in [0.2, 0.25) is 5.02 Å². The number of rotatable bonds is 3. The molecule has 4 aromatic rings. The van der Waals surface area contributed by atoms with Gasteiger partial charge in [-0.05, 0) is 54.0 Å². The zero-order valence-electron chi connectivity index (χ0n) is 18.7. The predicted octanol–water partition coefficient (Wildman–Crippen LogP) is 3.36. The van der Waals surface area contributed by atoms with Crippen molar-refractivity contribution < 1.29 is 5.11 Å². The third-order valence-electron chi connectivity index (χ3n) is 7.61. The Hall–Kier alpha value is -3.20. The van der Waals surface area contributed by atoms with Crippen LogP contribution < -0.4 is 16.4 Å². The van der Waals surface area contributed by atoms with Crippen molar-refractivity contribution in [3.05, 3.63) is 70.9 Å². The second-order valence-corrected chi connectivity index (χ2v) is 9.66. The van der Waals surface area contributed by atoms with Gasteiger partial charge in [0.15, 0.2) is 0 Å². The van der Waals surface area contributed by atoms with Gasteiger partial charge in [0, 0.05) is 60.7 Å². The van der Waals surface area contributed by atoms with Crippen LogP contribution in [0.3, 0.4) is 0 Å². The molecule has 1 aliphatic carbocycles. The molecule has 0 saturated carbocycles. The summed E-state index contributed by atoms with van der Waals surface area (Å²) in [5.41, 5.74) is 18.0. The molecule has 34 heavy (non-hydrogen) atoms. The van der Waals surface area contributed by atoms with E-state index >= 15 is 0 Å². The molecule has 0 radical (unpaired) electrons. The molecule has 1 saturated heterocycles. The molecular formula is C25H26ClN7O. The van der Waals surface area contributed by atoms with Crippen molar-refractivity contribution in [1.82, 2.24) is 19.4 Å². The van der Waals surface area contributed by atoms with Crippen molar-refractivity contribution >= 4 is 28.9 Å². The highest BCUT2D eigenvalue weighted by molar-refractivity contribution is 6.35. The Bertz CT molecular complexity index is 1390. The number of fused-ring (bicyclic) bond motifs is 2. The van der Waals surface area contributed by atoms with Crippen molar-refractivity contribution in [2.24, 2.45) is 11.1 Å². The van der Waals surface area contributed by atoms with Gasteiger partial charge in [0.05, 0.1) is 11.6 Å². The van der Waals surface area contributed by atoms with E-state index in [9.17, 15) is 5.11 Å². The number of halogens is 1. The summed E-state index contributed by atoms with van der Waals surface area (Å²) in [6.07, 6.45) is 10.1. The molecule has 1 atom stereocenters. The van der Waals surface area contributed by atoms with Gasteiger partial charge in [0.2, 0.25) is 0 Å². The molecule has 0 aromatic carbocycles. The van der Waals surface area contributed by atoms with Crippen LogP contribution in [0.25, 0.3) is 16.8 Å². The van der Waals surface area contributed by atoms with E-state index in [1.807, 2.05) is 24.5 Å². The maximum atomic E-state index is 10.3. The SMILES string of the molecule is Nc1nccc(-c2c(CO)cc(N3CCC4(CC3)Cc3ncccc3[C@H]4N)n3ccnc23)c1Cl. The number of nitrogens with two attached hydrogens (primary N) is 2. The highest BCUT2D eigenvalue weighted by atomic mass is 35.5. The van der Waals surface area contributed by atoms with Crippen LogP contribution in [0.1, 0.15) is 35.7 Å². The topological polar surface area (TPSA) is 119 Å². The minimum Gasteiger partial charge on any atom is -0.392 e. The number of pyridine rings is 3. The lowest BCUT2D eigenvalue weighted by molar-refractivity contribution is 0.186. The number of imidazole rings is 1. The Morgan fingerprint density at radius 3 is 2.71 bits per heavy atom. The zero-order chi connectivity index (χ0) is 23.4. The highest BCUT2D eigenvalue weighted by Gasteiger charge is 2.46. The summed E-state index contributed by atoms with van der Waals surface area (Å²) in [4.78, 5) is 15.6. The average molecular weight is 476 g/mol. The minimum atomic E-state index is -0.145. The van der Waals surface area contributed by atoms with Gasteiger partial charge in [-0.2, -0.15) is 0 Å². The lowest BCUT2D eigenvalue weighted by atomic mass is 9.73. The number of aliphatic hydroxyl groups excluding tert-OH is 1. The zero-order valence-corrected chi connectivity index (χ0v) is 19.4. The lowest BCUT2D eigenvalue weighted by Gasteiger charge is -2.43. The molecule has 4 aromatic heterocycles. The molecule has 1 fully saturated rings. The number of nitrogens with zero attached hydrogens (tertiary/aromatic N) is 5. The molecule has 0 amide bonds. The summed E-state index contributed by atoms with van der Waals surface area (Å²) in [5, 5.41) is 10.7. The maximum Gasteiger partial charge on any atom is 0.146 e. The van der Waals surface area contributed by atoms with Gasteiger partial charge >= 0.3 is 0 Å². The van der Waals surface area contributed by atoms with E-state index in [2.05, 4.69) is 30.3 Å². The summed E-state index contributed by atoms with van der Waals surface area (Å²) in [7, 11) is 0. The van der Waals surface area contributed by atoms with Crippen LogP contribution in [0.5, 0.6) is 0 Å². The molecule has 1 aliphatic heterocycles. The third-order valence-corrected chi connectivity index (χ3v) is 8.01. The van der Waals surface area contributed by atoms with Crippen molar-refractivity contribution in [2.45, 2.75) is 31.9 Å². The van der Waals surface area contributed by atoms with Crippen molar-refractivity contribution in [3.63, 3.8) is 0 Å². The van der Waals surface area contributed by atoms with E-state index in [0.29, 0.717) is 10.6 Å². The summed E-state index contributed by atoms with van der Waals surface area (Å²) >= 11 is 6.50. The fourth-order valence-corrected chi connectivity index (χ4v) is 5.96. The minimum absolute atomic E-state index is 0.0151. The van der Waals surface area contributed by atoms with Gasteiger partial charge in [-0.3, -0.25) is 9.38 Å². The Kier molecular flexibility index (Phi) is 4.98. The number of piperidine rings is 1. The molecule has 0 unspecified atom stereocenters. The predicted molar refractivity (Wildman–Crippen MR) is 133 cm³/mol. The van der Waals surface area contributed by atoms with Gasteiger partial charge in [0.1, 0.15) is 17.3 Å². The second kappa shape index (κ2) is 7.94. The van der Waals surface area contributed by atoms with E-state index in [1.165, 1.54) is 5.56 Å². The first-order valence-corrected chi connectivity index (χ1v) is 11.8. The molecule has 6 rings (SSSR count). The Morgan fingerprint density at radius 1 is 1.12 bits per heavy atom. The van der Waals surface area contributed by atoms with Crippen LogP contribution in [-0.2, 0) is 13.0 Å². The van der Waals surface area contributed by atoms with Crippen LogP contribution in [0.4, 0.5) is 11.6 Å². The molecule has 5 heterocycles. The number of hydrogen-bond donors (Lipinski definition) is 3. The fraction of sp³-hybridized carbons (Fsp3) is 0.320. The van der Waals surface area contributed by atoms with Gasteiger partial charge < -0.3 is 21.5 Å². The first-order chi connectivity index (χ1) is 16.5.